The number of hydrogen-bond acceptors (Lipinski definition) is 3. The monoisotopic (exact) mass is 295 g/mol. The zero-order valence-corrected chi connectivity index (χ0v) is 13.3. The third-order valence-electron chi connectivity index (χ3n) is 5.98. The molecule has 3 atom stereocenters. The van der Waals surface area contributed by atoms with Crippen molar-refractivity contribution in [1.29, 1.82) is 0 Å². The number of piperidine rings is 1. The van der Waals surface area contributed by atoms with E-state index in [9.17, 15) is 0 Å². The van der Waals surface area contributed by atoms with Crippen molar-refractivity contribution in [2.24, 2.45) is 5.92 Å². The Hall–Kier alpha value is -1.74. The van der Waals surface area contributed by atoms with Gasteiger partial charge in [-0.1, -0.05) is 19.1 Å². The van der Waals surface area contributed by atoms with Crippen LogP contribution in [0.2, 0.25) is 0 Å². The summed E-state index contributed by atoms with van der Waals surface area (Å²) in [5.41, 5.74) is 4.37. The highest BCUT2D eigenvalue weighted by Gasteiger charge is 2.58. The number of ether oxygens (including phenoxy) is 2. The van der Waals surface area contributed by atoms with E-state index in [2.05, 4.69) is 43.2 Å². The van der Waals surface area contributed by atoms with Crippen LogP contribution in [0.4, 0.5) is 0 Å². The summed E-state index contributed by atoms with van der Waals surface area (Å²) in [6, 6.07) is 4.82. The van der Waals surface area contributed by atoms with Gasteiger partial charge in [0.1, 0.15) is 5.76 Å². The minimum Gasteiger partial charge on any atom is -0.493 e. The molecule has 114 valence electrons. The molecule has 0 amide bonds. The lowest BCUT2D eigenvalue weighted by atomic mass is 9.58. The van der Waals surface area contributed by atoms with E-state index < -0.39 is 0 Å². The number of rotatable bonds is 1. The fourth-order valence-electron chi connectivity index (χ4n) is 5.00. The topological polar surface area (TPSA) is 21.7 Å². The van der Waals surface area contributed by atoms with E-state index in [1.165, 1.54) is 11.1 Å². The fraction of sp³-hybridized carbons (Fsp3) is 0.474. The Balaban J connectivity index is 1.86. The molecule has 0 aromatic heterocycles. The second kappa shape index (κ2) is 3.96. The van der Waals surface area contributed by atoms with Crippen molar-refractivity contribution in [1.82, 2.24) is 4.90 Å². The van der Waals surface area contributed by atoms with Crippen LogP contribution >= 0.6 is 0 Å². The van der Waals surface area contributed by atoms with Gasteiger partial charge in [0.25, 0.3) is 0 Å². The van der Waals surface area contributed by atoms with Gasteiger partial charge < -0.3 is 9.47 Å². The van der Waals surface area contributed by atoms with Gasteiger partial charge in [0.15, 0.2) is 11.5 Å². The molecule has 1 aromatic rings. The van der Waals surface area contributed by atoms with Gasteiger partial charge in [0, 0.05) is 18.2 Å². The molecule has 3 nitrogen and oxygen atoms in total. The number of benzene rings is 1. The van der Waals surface area contributed by atoms with Crippen molar-refractivity contribution in [3.63, 3.8) is 0 Å². The first-order valence-electron chi connectivity index (χ1n) is 8.18. The van der Waals surface area contributed by atoms with Gasteiger partial charge in [-0.3, -0.25) is 4.90 Å². The van der Waals surface area contributed by atoms with E-state index >= 15 is 0 Å². The van der Waals surface area contributed by atoms with Crippen molar-refractivity contribution >= 4 is 0 Å². The summed E-state index contributed by atoms with van der Waals surface area (Å²) in [4.78, 5) is 2.51. The summed E-state index contributed by atoms with van der Waals surface area (Å²) in [5.74, 6) is 3.42. The van der Waals surface area contributed by atoms with Crippen molar-refractivity contribution < 1.29 is 9.47 Å². The van der Waals surface area contributed by atoms with Crippen LogP contribution in [0.1, 0.15) is 24.5 Å². The summed E-state index contributed by atoms with van der Waals surface area (Å²) in [5, 5.41) is 0. The van der Waals surface area contributed by atoms with E-state index in [4.69, 9.17) is 9.47 Å². The Morgan fingerprint density at radius 1 is 1.32 bits per heavy atom. The van der Waals surface area contributed by atoms with E-state index in [0.717, 1.165) is 36.6 Å². The molecule has 0 radical (unpaired) electrons. The van der Waals surface area contributed by atoms with Gasteiger partial charge in [-0.25, -0.2) is 0 Å². The normalized spacial score (nSPS) is 34.5. The second-order valence-electron chi connectivity index (χ2n) is 7.10. The lowest BCUT2D eigenvalue weighted by Gasteiger charge is -2.51. The molecule has 2 bridgehead atoms. The summed E-state index contributed by atoms with van der Waals surface area (Å²) in [7, 11) is 3.99. The highest BCUT2D eigenvalue weighted by Crippen LogP contribution is 2.63. The fourth-order valence-corrected chi connectivity index (χ4v) is 5.00. The molecule has 2 aliphatic carbocycles. The number of nitrogens with zero attached hydrogens (tertiary/aromatic N) is 1. The van der Waals surface area contributed by atoms with E-state index in [-0.39, 0.29) is 5.41 Å². The van der Waals surface area contributed by atoms with Gasteiger partial charge in [0.05, 0.1) is 12.5 Å². The molecule has 2 aliphatic heterocycles. The van der Waals surface area contributed by atoms with Crippen LogP contribution in [0.15, 0.2) is 35.6 Å². The van der Waals surface area contributed by atoms with Crippen molar-refractivity contribution in [3.8, 4) is 11.5 Å². The minimum atomic E-state index is -0.0128. The molecule has 4 aliphatic rings. The zero-order valence-electron chi connectivity index (χ0n) is 13.3. The van der Waals surface area contributed by atoms with E-state index in [1.807, 2.05) is 0 Å². The Morgan fingerprint density at radius 3 is 3.00 bits per heavy atom. The molecule has 22 heavy (non-hydrogen) atoms. The third kappa shape index (κ3) is 1.28. The molecule has 1 spiro atoms. The molecule has 0 saturated carbocycles. The largest absolute Gasteiger partial charge is 0.493 e. The minimum absolute atomic E-state index is 0.0128. The Bertz CT molecular complexity index is 748. The van der Waals surface area contributed by atoms with Crippen LogP contribution in [0.3, 0.4) is 0 Å². The van der Waals surface area contributed by atoms with Crippen LogP contribution in [-0.4, -0.2) is 31.6 Å². The lowest BCUT2D eigenvalue weighted by Crippen LogP contribution is -2.54. The maximum atomic E-state index is 6.38. The molecule has 2 heterocycles. The molecule has 0 N–H and O–H groups in total. The summed E-state index contributed by atoms with van der Waals surface area (Å²) in [6.07, 6.45) is 6.97. The molecule has 3 heteroatoms. The van der Waals surface area contributed by atoms with Gasteiger partial charge in [-0.05, 0) is 49.1 Å². The van der Waals surface area contributed by atoms with Gasteiger partial charge >= 0.3 is 0 Å². The van der Waals surface area contributed by atoms with E-state index in [1.54, 1.807) is 12.7 Å². The molecular formula is C19H21NO2. The Labute approximate surface area is 131 Å². The molecule has 1 aromatic carbocycles. The van der Waals surface area contributed by atoms with Gasteiger partial charge in [0.2, 0.25) is 0 Å². The Morgan fingerprint density at radius 2 is 2.18 bits per heavy atom. The predicted octanol–water partition coefficient (Wildman–Crippen LogP) is 3.05. The highest BCUT2D eigenvalue weighted by molar-refractivity contribution is 5.69. The van der Waals surface area contributed by atoms with Crippen molar-refractivity contribution in [2.45, 2.75) is 31.2 Å². The number of likely N-dealkylation sites (tertiary alicyclic amines) is 1. The quantitative estimate of drug-likeness (QED) is 0.743. The maximum Gasteiger partial charge on any atom is 0.173 e. The third-order valence-corrected chi connectivity index (χ3v) is 5.98. The zero-order chi connectivity index (χ0) is 15.1. The lowest BCUT2D eigenvalue weighted by molar-refractivity contribution is 0.171. The molecule has 0 unspecified atom stereocenters. The van der Waals surface area contributed by atoms with Crippen LogP contribution in [-0.2, 0) is 11.8 Å². The smallest absolute Gasteiger partial charge is 0.173 e. The average Bonchev–Trinajstić information content (AvgIpc) is 2.83. The first-order valence-corrected chi connectivity index (χ1v) is 8.18. The van der Waals surface area contributed by atoms with Crippen molar-refractivity contribution in [2.75, 3.05) is 20.7 Å². The van der Waals surface area contributed by atoms with Gasteiger partial charge in [-0.2, -0.15) is 0 Å². The molecule has 1 fully saturated rings. The standard InChI is InChI=1S/C19H21NO2/c1-11-8-13-14-10-12-4-5-15(21-3)18-17(12)19(13,6-7-20(14)2)16(9-11)22-18/h4-5,8-9,11,14H,6-7,10H2,1-3H3/t11-,14-,19-/m1/s1. The number of methoxy groups -OCH3 is 1. The van der Waals surface area contributed by atoms with Crippen LogP contribution in [0.25, 0.3) is 0 Å². The number of likely N-dealkylation sites (N-methyl/N-ethyl adjacent to an activating group) is 1. The molecule has 1 saturated heterocycles. The second-order valence-corrected chi connectivity index (χ2v) is 7.10. The molecule has 5 rings (SSSR count). The highest BCUT2D eigenvalue weighted by atomic mass is 16.5. The number of allylic oxidation sites excluding steroid dienone is 3. The first-order chi connectivity index (χ1) is 10.6. The maximum absolute atomic E-state index is 6.38. The summed E-state index contributed by atoms with van der Waals surface area (Å²) < 4.78 is 12.0. The first kappa shape index (κ1) is 12.8. The number of hydrogen-bond donors (Lipinski definition) is 0. The van der Waals surface area contributed by atoms with Crippen molar-refractivity contribution in [3.05, 3.63) is 46.7 Å². The van der Waals surface area contributed by atoms with Gasteiger partial charge in [-0.15, -0.1) is 0 Å². The van der Waals surface area contributed by atoms with Crippen LogP contribution < -0.4 is 9.47 Å². The van der Waals surface area contributed by atoms with Crippen LogP contribution in [0, 0.1) is 5.92 Å². The predicted molar refractivity (Wildman–Crippen MR) is 85.4 cm³/mol. The average molecular weight is 295 g/mol. The summed E-state index contributed by atoms with van der Waals surface area (Å²) in [6.45, 7) is 3.37. The molecular weight excluding hydrogens is 274 g/mol. The summed E-state index contributed by atoms with van der Waals surface area (Å²) >= 11 is 0. The Kier molecular flexibility index (Phi) is 2.30. The SMILES string of the molecule is COc1ccc2c3c1OC1=C[C@H](C)C=C4[C@@H](C2)N(C)CC[C@]143. The van der Waals surface area contributed by atoms with Crippen LogP contribution in [0.5, 0.6) is 11.5 Å². The van der Waals surface area contributed by atoms with E-state index in [0.29, 0.717) is 12.0 Å².